The number of amides is 1. The van der Waals surface area contributed by atoms with Crippen molar-refractivity contribution in [2.24, 2.45) is 7.05 Å². The average molecular weight is 361 g/mol. The number of nitrogens with one attached hydrogen (secondary N) is 2. The van der Waals surface area contributed by atoms with E-state index in [1.54, 1.807) is 4.68 Å². The highest BCUT2D eigenvalue weighted by Gasteiger charge is 2.34. The van der Waals surface area contributed by atoms with Crippen molar-refractivity contribution >= 4 is 22.8 Å². The number of aromatic amines is 1. The van der Waals surface area contributed by atoms with Gasteiger partial charge in [-0.05, 0) is 26.0 Å². The summed E-state index contributed by atoms with van der Waals surface area (Å²) in [6.45, 7) is 3.99. The second-order valence-corrected chi connectivity index (χ2v) is 6.95. The van der Waals surface area contributed by atoms with Crippen molar-refractivity contribution < 1.29 is 4.79 Å². The molecule has 1 aromatic carbocycles. The Kier molecular flexibility index (Phi) is 3.24. The minimum atomic E-state index is -0.0689. The first-order valence-corrected chi connectivity index (χ1v) is 8.86. The van der Waals surface area contributed by atoms with E-state index in [4.69, 9.17) is 0 Å². The van der Waals surface area contributed by atoms with Crippen LogP contribution in [-0.4, -0.2) is 35.4 Å². The summed E-state index contributed by atoms with van der Waals surface area (Å²) in [4.78, 5) is 20.4. The van der Waals surface area contributed by atoms with E-state index in [2.05, 4.69) is 25.5 Å². The number of carbonyl (C=O) groups excluding carboxylic acids is 1. The standard InChI is InChI=1S/C19H19N7O/c1-10-17-12(13-9-20-25(3)11(13)2)8-16(27)23-18(17)26(24-10)19-21-14-6-4-5-7-15(14)22-19/h4-7,9,12H,8H2,1-3H3,(H,21,22)(H,23,27)/t12-/m1/s1. The zero-order valence-electron chi connectivity index (χ0n) is 15.3. The van der Waals surface area contributed by atoms with E-state index < -0.39 is 0 Å². The van der Waals surface area contributed by atoms with Gasteiger partial charge < -0.3 is 10.3 Å². The SMILES string of the molecule is Cc1nn(-c2nc3ccccc3[nH]2)c2c1[C@@H](c1cnn(C)c1C)CC(=O)N2. The fourth-order valence-corrected chi connectivity index (χ4v) is 3.86. The zero-order chi connectivity index (χ0) is 18.7. The number of carbonyl (C=O) groups is 1. The summed E-state index contributed by atoms with van der Waals surface area (Å²) < 4.78 is 3.53. The third kappa shape index (κ3) is 2.29. The van der Waals surface area contributed by atoms with E-state index in [0.29, 0.717) is 18.2 Å². The molecule has 8 nitrogen and oxygen atoms in total. The van der Waals surface area contributed by atoms with Crippen molar-refractivity contribution in [3.63, 3.8) is 0 Å². The predicted octanol–water partition coefficient (Wildman–Crippen LogP) is 2.57. The van der Waals surface area contributed by atoms with Gasteiger partial charge in [-0.2, -0.15) is 14.9 Å². The topological polar surface area (TPSA) is 93.4 Å². The van der Waals surface area contributed by atoms with Crippen LogP contribution in [0, 0.1) is 13.8 Å². The Morgan fingerprint density at radius 3 is 2.78 bits per heavy atom. The Morgan fingerprint density at radius 1 is 1.22 bits per heavy atom. The van der Waals surface area contributed by atoms with E-state index in [0.717, 1.165) is 33.5 Å². The summed E-state index contributed by atoms with van der Waals surface area (Å²) in [5.74, 6) is 1.16. The Bertz CT molecular complexity index is 1160. The number of aromatic nitrogens is 6. The monoisotopic (exact) mass is 361 g/mol. The van der Waals surface area contributed by atoms with Gasteiger partial charge in [-0.15, -0.1) is 0 Å². The number of nitrogens with zero attached hydrogens (tertiary/aromatic N) is 5. The molecule has 1 aliphatic heterocycles. The number of benzene rings is 1. The van der Waals surface area contributed by atoms with E-state index >= 15 is 0 Å². The average Bonchev–Trinajstić information content (AvgIpc) is 3.31. The third-order valence-corrected chi connectivity index (χ3v) is 5.33. The van der Waals surface area contributed by atoms with Gasteiger partial charge in [0.2, 0.25) is 11.9 Å². The molecule has 0 spiro atoms. The molecule has 0 radical (unpaired) electrons. The molecule has 1 aliphatic rings. The molecule has 0 saturated heterocycles. The Balaban J connectivity index is 1.70. The van der Waals surface area contributed by atoms with Crippen LogP contribution < -0.4 is 5.32 Å². The second-order valence-electron chi connectivity index (χ2n) is 6.95. The van der Waals surface area contributed by atoms with Crippen molar-refractivity contribution in [3.05, 3.63) is 53.0 Å². The molecule has 3 aromatic heterocycles. The van der Waals surface area contributed by atoms with Gasteiger partial charge in [0.25, 0.3) is 0 Å². The molecule has 5 rings (SSSR count). The van der Waals surface area contributed by atoms with Crippen LogP contribution in [0.4, 0.5) is 5.82 Å². The maximum atomic E-state index is 12.5. The van der Waals surface area contributed by atoms with Crippen molar-refractivity contribution in [2.75, 3.05) is 5.32 Å². The van der Waals surface area contributed by atoms with Crippen LogP contribution in [0.25, 0.3) is 17.0 Å². The second kappa shape index (κ2) is 5.54. The fourth-order valence-electron chi connectivity index (χ4n) is 3.86. The molecule has 0 unspecified atom stereocenters. The number of para-hydroxylation sites is 2. The van der Waals surface area contributed by atoms with Crippen LogP contribution in [0.5, 0.6) is 0 Å². The number of hydrogen-bond acceptors (Lipinski definition) is 4. The van der Waals surface area contributed by atoms with Crippen LogP contribution in [-0.2, 0) is 11.8 Å². The highest BCUT2D eigenvalue weighted by molar-refractivity contribution is 5.95. The summed E-state index contributed by atoms with van der Waals surface area (Å²) in [7, 11) is 1.91. The highest BCUT2D eigenvalue weighted by atomic mass is 16.1. The first-order chi connectivity index (χ1) is 13.0. The largest absolute Gasteiger partial charge is 0.322 e. The van der Waals surface area contributed by atoms with Gasteiger partial charge in [0.05, 0.1) is 22.9 Å². The van der Waals surface area contributed by atoms with E-state index in [1.807, 2.05) is 56.0 Å². The smallest absolute Gasteiger partial charge is 0.231 e. The van der Waals surface area contributed by atoms with Crippen molar-refractivity contribution in [1.82, 2.24) is 29.5 Å². The quantitative estimate of drug-likeness (QED) is 0.574. The van der Waals surface area contributed by atoms with Crippen molar-refractivity contribution in [2.45, 2.75) is 26.2 Å². The van der Waals surface area contributed by atoms with Crippen LogP contribution in [0.3, 0.4) is 0 Å². The normalized spacial score (nSPS) is 16.6. The molecule has 0 aliphatic carbocycles. The summed E-state index contributed by atoms with van der Waals surface area (Å²) in [5.41, 5.74) is 5.79. The fraction of sp³-hybridized carbons (Fsp3) is 0.263. The summed E-state index contributed by atoms with van der Waals surface area (Å²) in [5, 5.41) is 12.0. The number of imidazole rings is 1. The van der Waals surface area contributed by atoms with Crippen LogP contribution in [0.15, 0.2) is 30.5 Å². The number of fused-ring (bicyclic) bond motifs is 2. The molecule has 0 fully saturated rings. The molecule has 4 heterocycles. The molecule has 136 valence electrons. The Hall–Kier alpha value is -3.42. The Labute approximate surface area is 155 Å². The van der Waals surface area contributed by atoms with E-state index in [-0.39, 0.29) is 11.8 Å². The zero-order valence-corrected chi connectivity index (χ0v) is 15.3. The number of rotatable bonds is 2. The van der Waals surface area contributed by atoms with Gasteiger partial charge in [0.15, 0.2) is 0 Å². The van der Waals surface area contributed by atoms with Crippen LogP contribution in [0.2, 0.25) is 0 Å². The molecular weight excluding hydrogens is 342 g/mol. The van der Waals surface area contributed by atoms with Crippen molar-refractivity contribution in [1.29, 1.82) is 0 Å². The van der Waals surface area contributed by atoms with Crippen molar-refractivity contribution in [3.8, 4) is 5.95 Å². The lowest BCUT2D eigenvalue weighted by atomic mass is 9.86. The number of H-pyrrole nitrogens is 1. The van der Waals surface area contributed by atoms with Crippen LogP contribution in [0.1, 0.15) is 34.9 Å². The van der Waals surface area contributed by atoms with Gasteiger partial charge >= 0.3 is 0 Å². The predicted molar refractivity (Wildman–Crippen MR) is 101 cm³/mol. The van der Waals surface area contributed by atoms with Gasteiger partial charge in [0.1, 0.15) is 5.82 Å². The lowest BCUT2D eigenvalue weighted by Gasteiger charge is -2.23. The van der Waals surface area contributed by atoms with Gasteiger partial charge in [-0.1, -0.05) is 12.1 Å². The summed E-state index contributed by atoms with van der Waals surface area (Å²) >= 11 is 0. The van der Waals surface area contributed by atoms with Gasteiger partial charge in [0, 0.05) is 36.2 Å². The highest BCUT2D eigenvalue weighted by Crippen LogP contribution is 2.40. The third-order valence-electron chi connectivity index (χ3n) is 5.33. The molecule has 1 atom stereocenters. The van der Waals surface area contributed by atoms with Gasteiger partial charge in [-0.3, -0.25) is 9.48 Å². The number of aryl methyl sites for hydroxylation is 2. The first-order valence-electron chi connectivity index (χ1n) is 8.86. The van der Waals surface area contributed by atoms with E-state index in [9.17, 15) is 4.79 Å². The molecule has 1 amide bonds. The maximum absolute atomic E-state index is 12.5. The molecule has 0 saturated carbocycles. The van der Waals surface area contributed by atoms with Gasteiger partial charge in [-0.25, -0.2) is 4.98 Å². The Morgan fingerprint density at radius 2 is 2.04 bits per heavy atom. The lowest BCUT2D eigenvalue weighted by Crippen LogP contribution is -2.25. The molecular formula is C19H19N7O. The minimum Gasteiger partial charge on any atom is -0.322 e. The first kappa shape index (κ1) is 15.8. The molecule has 8 heteroatoms. The molecule has 0 bridgehead atoms. The van der Waals surface area contributed by atoms with Crippen LogP contribution >= 0.6 is 0 Å². The molecule has 27 heavy (non-hydrogen) atoms. The number of hydrogen-bond donors (Lipinski definition) is 2. The summed E-state index contributed by atoms with van der Waals surface area (Å²) in [6.07, 6.45) is 2.23. The molecule has 4 aromatic rings. The minimum absolute atomic E-state index is 0.0342. The summed E-state index contributed by atoms with van der Waals surface area (Å²) in [6, 6.07) is 7.81. The van der Waals surface area contributed by atoms with E-state index in [1.165, 1.54) is 0 Å². The number of anilines is 1. The molecule has 2 N–H and O–H groups in total. The maximum Gasteiger partial charge on any atom is 0.231 e. The lowest BCUT2D eigenvalue weighted by molar-refractivity contribution is -0.116.